The summed E-state index contributed by atoms with van der Waals surface area (Å²) in [6, 6.07) is 32.4. The van der Waals surface area contributed by atoms with Crippen molar-refractivity contribution in [3.05, 3.63) is 91.0 Å². The van der Waals surface area contributed by atoms with Crippen LogP contribution in [0.4, 0.5) is 0 Å². The predicted molar refractivity (Wildman–Crippen MR) is 115 cm³/mol. The van der Waals surface area contributed by atoms with Crippen molar-refractivity contribution in [2.45, 2.75) is 0 Å². The van der Waals surface area contributed by atoms with E-state index in [1.807, 2.05) is 0 Å². The van der Waals surface area contributed by atoms with Gasteiger partial charge in [0.2, 0.25) is 0 Å². The largest absolute Gasteiger partial charge is 4.00 e. The molecule has 0 radical (unpaired) electrons. The van der Waals surface area contributed by atoms with Gasteiger partial charge in [0, 0.05) is 0 Å². The average molecular weight is 503 g/mol. The monoisotopic (exact) mass is 500 g/mol. The zero-order valence-electron chi connectivity index (χ0n) is 15.9. The summed E-state index contributed by atoms with van der Waals surface area (Å²) in [4.78, 5) is 0. The van der Waals surface area contributed by atoms with Crippen molar-refractivity contribution in [2.24, 2.45) is 0 Å². The Balaban J connectivity index is 0.000000254. The Bertz CT molecular complexity index is 1060. The van der Waals surface area contributed by atoms with E-state index in [0.29, 0.717) is 0 Å². The Kier molecular flexibility index (Phi) is 10.1. The fourth-order valence-corrected chi connectivity index (χ4v) is 4.09. The zero-order valence-corrected chi connectivity index (χ0v) is 20.7. The van der Waals surface area contributed by atoms with Crippen LogP contribution in [0.1, 0.15) is 0 Å². The van der Waals surface area contributed by atoms with Crippen molar-refractivity contribution < 1.29 is 51.0 Å². The van der Waals surface area contributed by atoms with E-state index in [4.69, 9.17) is 0 Å². The Morgan fingerprint density at radius 1 is 0.607 bits per heavy atom. The summed E-state index contributed by atoms with van der Waals surface area (Å²) in [6.07, 6.45) is 0. The van der Waals surface area contributed by atoms with E-state index in [9.17, 15) is 0 Å². The van der Waals surface area contributed by atoms with Crippen LogP contribution >= 0.6 is 7.92 Å². The topological polar surface area (TPSA) is 0 Å². The van der Waals surface area contributed by atoms with Gasteiger partial charge in [-0.25, -0.2) is 0 Å². The van der Waals surface area contributed by atoms with E-state index in [-0.39, 0.29) is 58.9 Å². The van der Waals surface area contributed by atoms with Gasteiger partial charge < -0.3 is 24.8 Å². The number of rotatable bonds is 1. The summed E-state index contributed by atoms with van der Waals surface area (Å²) in [6.45, 7) is 4.59. The van der Waals surface area contributed by atoms with Crippen LogP contribution in [0.25, 0.3) is 32.3 Å². The molecule has 0 saturated carbocycles. The van der Waals surface area contributed by atoms with Gasteiger partial charge in [-0.05, 0) is 13.3 Å². The van der Waals surface area contributed by atoms with Gasteiger partial charge in [0.05, 0.1) is 0 Å². The molecule has 0 nitrogen and oxygen atoms in total. The quantitative estimate of drug-likeness (QED) is 0.233. The van der Waals surface area contributed by atoms with E-state index in [1.54, 1.807) is 0 Å². The molecule has 4 heteroatoms. The second-order valence-corrected chi connectivity index (χ2v) is 8.86. The van der Waals surface area contributed by atoms with Gasteiger partial charge in [-0.1, -0.05) is 42.5 Å². The minimum Gasteiger partial charge on any atom is -1.00 e. The molecule has 0 aliphatic heterocycles. The summed E-state index contributed by atoms with van der Waals surface area (Å²) in [5, 5.41) is 9.65. The maximum Gasteiger partial charge on any atom is 4.00 e. The van der Waals surface area contributed by atoms with Gasteiger partial charge in [-0.3, -0.25) is 0 Å². The summed E-state index contributed by atoms with van der Waals surface area (Å²) in [7, 11) is 0.0576. The molecule has 0 unspecified atom stereocenters. The van der Waals surface area contributed by atoms with Crippen LogP contribution in [-0.2, 0) is 26.2 Å². The number of hydrogen-bond acceptors (Lipinski definition) is 0. The molecule has 5 aromatic rings. The summed E-state index contributed by atoms with van der Waals surface area (Å²) in [5.74, 6) is 0. The van der Waals surface area contributed by atoms with E-state index >= 15 is 0 Å². The van der Waals surface area contributed by atoms with Crippen LogP contribution in [0, 0.1) is 0 Å². The second-order valence-electron chi connectivity index (χ2n) is 6.56. The minimum absolute atomic E-state index is 0. The first-order valence-electron chi connectivity index (χ1n) is 8.58. The molecule has 0 aliphatic rings. The molecule has 0 aliphatic carbocycles. The first kappa shape index (κ1) is 25.1. The van der Waals surface area contributed by atoms with Crippen molar-refractivity contribution >= 4 is 45.5 Å². The van der Waals surface area contributed by atoms with E-state index in [0.717, 1.165) is 0 Å². The molecule has 0 heterocycles. The number of benzene rings is 3. The first-order chi connectivity index (χ1) is 12.2. The zero-order chi connectivity index (χ0) is 17.2. The SMILES string of the molecule is CP(C)c1cc2ccccc2[cH-]1.[Cl-].[Cl-].[Zr+4].c1ccc2c(c1)[cH-]c1ccccc12. The Morgan fingerprint density at radius 3 is 1.57 bits per heavy atom. The standard InChI is InChI=1S/C13H9.C11H12P.2ClH.Zr/c1-3-7-12-10(5-1)9-11-6-2-4-8-13(11)12;1-12(2)11-7-9-5-3-4-6-10(9)8-11;;;/h1-9H;3-8H,1-2H3;2*1H;/q2*-1;;;+4/p-2. The third kappa shape index (κ3) is 5.34. The molecular formula is C24H21Cl2PZr. The average Bonchev–Trinajstić information content (AvgIpc) is 3.24. The van der Waals surface area contributed by atoms with Gasteiger partial charge >= 0.3 is 26.2 Å². The van der Waals surface area contributed by atoms with Gasteiger partial charge in [0.25, 0.3) is 0 Å². The maximum atomic E-state index is 2.31. The predicted octanol–water partition coefficient (Wildman–Crippen LogP) is 0.643. The molecule has 0 fully saturated rings. The van der Waals surface area contributed by atoms with Gasteiger partial charge in [0.15, 0.2) is 0 Å². The Labute approximate surface area is 199 Å². The molecule has 0 amide bonds. The molecule has 0 saturated heterocycles. The number of hydrogen-bond donors (Lipinski definition) is 0. The molecule has 28 heavy (non-hydrogen) atoms. The van der Waals surface area contributed by atoms with Crippen LogP contribution in [0.15, 0.2) is 91.0 Å². The molecule has 0 bridgehead atoms. The Morgan fingerprint density at radius 2 is 1.07 bits per heavy atom. The van der Waals surface area contributed by atoms with Crippen molar-refractivity contribution in [3.8, 4) is 0 Å². The van der Waals surface area contributed by atoms with Crippen LogP contribution in [-0.4, -0.2) is 13.3 Å². The molecular weight excluding hydrogens is 481 g/mol. The molecule has 0 N–H and O–H groups in total. The van der Waals surface area contributed by atoms with E-state index in [2.05, 4.69) is 104 Å². The fraction of sp³-hybridized carbons (Fsp3) is 0.0833. The molecule has 5 rings (SSSR count). The number of fused-ring (bicyclic) bond motifs is 4. The van der Waals surface area contributed by atoms with E-state index in [1.165, 1.54) is 37.6 Å². The van der Waals surface area contributed by atoms with Gasteiger partial charge in [-0.15, -0.1) is 88.0 Å². The van der Waals surface area contributed by atoms with Crippen LogP contribution < -0.4 is 30.1 Å². The van der Waals surface area contributed by atoms with Gasteiger partial charge in [0.1, 0.15) is 0 Å². The van der Waals surface area contributed by atoms with Crippen molar-refractivity contribution in [3.63, 3.8) is 0 Å². The molecule has 5 aromatic carbocycles. The minimum atomic E-state index is 0. The van der Waals surface area contributed by atoms with E-state index < -0.39 is 0 Å². The molecule has 0 aromatic heterocycles. The van der Waals surface area contributed by atoms with Crippen molar-refractivity contribution in [1.29, 1.82) is 0 Å². The third-order valence-electron chi connectivity index (χ3n) is 4.64. The maximum absolute atomic E-state index is 2.31. The normalized spacial score (nSPS) is 9.96. The van der Waals surface area contributed by atoms with Crippen LogP contribution in [0.5, 0.6) is 0 Å². The third-order valence-corrected chi connectivity index (χ3v) is 5.93. The molecule has 140 valence electrons. The van der Waals surface area contributed by atoms with Crippen LogP contribution in [0.2, 0.25) is 0 Å². The Hall–Kier alpha value is -0.967. The molecule has 0 spiro atoms. The smallest absolute Gasteiger partial charge is 1.00 e. The summed E-state index contributed by atoms with van der Waals surface area (Å²) < 4.78 is 0. The molecule has 0 atom stereocenters. The fourth-order valence-electron chi connectivity index (χ4n) is 3.30. The summed E-state index contributed by atoms with van der Waals surface area (Å²) >= 11 is 0. The second kappa shape index (κ2) is 11.3. The van der Waals surface area contributed by atoms with Crippen molar-refractivity contribution in [1.82, 2.24) is 0 Å². The summed E-state index contributed by atoms with van der Waals surface area (Å²) in [5.41, 5.74) is 0. The van der Waals surface area contributed by atoms with Crippen LogP contribution in [0.3, 0.4) is 0 Å². The number of halogens is 2. The van der Waals surface area contributed by atoms with Gasteiger partial charge in [-0.2, -0.15) is 6.07 Å². The first-order valence-corrected chi connectivity index (χ1v) is 10.8. The van der Waals surface area contributed by atoms with Crippen molar-refractivity contribution in [2.75, 3.05) is 13.3 Å².